The molecule has 0 aliphatic rings. The monoisotopic (exact) mass is 262 g/mol. The molecule has 7 nitrogen and oxygen atoms in total. The summed E-state index contributed by atoms with van der Waals surface area (Å²) in [5, 5.41) is 17.5. The van der Waals surface area contributed by atoms with Gasteiger partial charge in [-0.3, -0.25) is 4.79 Å². The lowest BCUT2D eigenvalue weighted by Crippen LogP contribution is -2.47. The molecule has 0 fully saturated rings. The normalized spacial score (nSPS) is 10.2. The van der Waals surface area contributed by atoms with Gasteiger partial charge in [-0.05, 0) is 13.3 Å². The van der Waals surface area contributed by atoms with Crippen molar-refractivity contribution in [3.8, 4) is 0 Å². The van der Waals surface area contributed by atoms with Gasteiger partial charge in [0.1, 0.15) is 6.54 Å². The van der Waals surface area contributed by atoms with Gasteiger partial charge in [-0.2, -0.15) is 0 Å². The predicted molar refractivity (Wildman–Crippen MR) is 65.4 cm³/mol. The van der Waals surface area contributed by atoms with Crippen LogP contribution in [0.15, 0.2) is 0 Å². The van der Waals surface area contributed by atoms with Crippen LogP contribution in [0.3, 0.4) is 0 Å². The molecule has 0 aliphatic carbocycles. The number of nitrogens with zero attached hydrogens (tertiary/aromatic N) is 2. The number of methoxy groups -OCH3 is 1. The summed E-state index contributed by atoms with van der Waals surface area (Å²) in [6.07, 6.45) is 0.477. The highest BCUT2D eigenvalue weighted by Gasteiger charge is 2.21. The van der Waals surface area contributed by atoms with Crippen molar-refractivity contribution in [2.45, 2.75) is 13.3 Å². The topological polar surface area (TPSA) is 90.3 Å². The molecule has 18 heavy (non-hydrogen) atoms. The molecule has 0 bridgehead atoms. The van der Waals surface area contributed by atoms with Crippen LogP contribution in [0.5, 0.6) is 0 Å². The van der Waals surface area contributed by atoms with Crippen molar-refractivity contribution in [2.75, 3.05) is 46.5 Å². The maximum Gasteiger partial charge on any atom is 0.323 e. The summed E-state index contributed by atoms with van der Waals surface area (Å²) >= 11 is 0. The Morgan fingerprint density at radius 3 is 2.33 bits per heavy atom. The van der Waals surface area contributed by atoms with E-state index in [4.69, 9.17) is 14.9 Å². The lowest BCUT2D eigenvalue weighted by atomic mass is 10.4. The Morgan fingerprint density at radius 1 is 1.22 bits per heavy atom. The zero-order chi connectivity index (χ0) is 14.0. The second kappa shape index (κ2) is 9.67. The number of aliphatic carboxylic acids is 1. The van der Waals surface area contributed by atoms with Crippen molar-refractivity contribution in [3.63, 3.8) is 0 Å². The molecule has 0 aromatic heterocycles. The van der Waals surface area contributed by atoms with Crippen molar-refractivity contribution < 1.29 is 24.5 Å². The minimum absolute atomic E-state index is 0.000775. The fourth-order valence-electron chi connectivity index (χ4n) is 1.46. The number of carbonyl (C=O) groups is 2. The molecule has 7 heteroatoms. The van der Waals surface area contributed by atoms with E-state index in [0.29, 0.717) is 19.5 Å². The van der Waals surface area contributed by atoms with Crippen LogP contribution in [0.25, 0.3) is 0 Å². The van der Waals surface area contributed by atoms with Crippen molar-refractivity contribution in [3.05, 3.63) is 0 Å². The van der Waals surface area contributed by atoms with E-state index in [1.54, 1.807) is 0 Å². The highest BCUT2D eigenvalue weighted by Crippen LogP contribution is 2.01. The Labute approximate surface area is 107 Å². The maximum atomic E-state index is 12.1. The highest BCUT2D eigenvalue weighted by atomic mass is 16.5. The second-order valence-electron chi connectivity index (χ2n) is 3.75. The zero-order valence-electron chi connectivity index (χ0n) is 11.0. The van der Waals surface area contributed by atoms with E-state index in [1.807, 2.05) is 6.92 Å². The Balaban J connectivity index is 4.52. The molecular weight excluding hydrogens is 240 g/mol. The first-order valence-corrected chi connectivity index (χ1v) is 5.92. The number of carboxylic acids is 1. The number of carboxylic acid groups (broad SMARTS) is 1. The number of carbonyl (C=O) groups excluding carboxylic acids is 1. The Hall–Kier alpha value is -1.34. The van der Waals surface area contributed by atoms with E-state index >= 15 is 0 Å². The molecule has 0 atom stereocenters. The standard InChI is InChI=1S/C11H22N2O5/c1-3-12(5-4-7-14)11(17)13(6-8-18-2)9-10(15)16/h14H,3-9H2,1-2H3,(H,15,16). The summed E-state index contributed by atoms with van der Waals surface area (Å²) in [6.45, 7) is 2.87. The summed E-state index contributed by atoms with van der Waals surface area (Å²) in [5.74, 6) is -1.06. The van der Waals surface area contributed by atoms with Gasteiger partial charge in [0.25, 0.3) is 0 Å². The average molecular weight is 262 g/mol. The first kappa shape index (κ1) is 16.7. The van der Waals surface area contributed by atoms with Crippen LogP contribution in [-0.2, 0) is 9.53 Å². The van der Waals surface area contributed by atoms with Crippen LogP contribution in [-0.4, -0.2) is 78.5 Å². The zero-order valence-corrected chi connectivity index (χ0v) is 11.0. The molecule has 2 amide bonds. The van der Waals surface area contributed by atoms with Gasteiger partial charge >= 0.3 is 12.0 Å². The maximum absolute atomic E-state index is 12.1. The van der Waals surface area contributed by atoms with E-state index < -0.39 is 5.97 Å². The third-order valence-electron chi connectivity index (χ3n) is 2.40. The van der Waals surface area contributed by atoms with Gasteiger partial charge in [0.05, 0.1) is 6.61 Å². The first-order chi connectivity index (χ1) is 8.56. The summed E-state index contributed by atoms with van der Waals surface area (Å²) < 4.78 is 4.85. The summed E-state index contributed by atoms with van der Waals surface area (Å²) in [7, 11) is 1.49. The molecule has 0 aliphatic heterocycles. The molecule has 0 aromatic carbocycles. The van der Waals surface area contributed by atoms with Crippen molar-refractivity contribution in [1.29, 1.82) is 0 Å². The van der Waals surface area contributed by atoms with Gasteiger partial charge in [0.2, 0.25) is 0 Å². The van der Waals surface area contributed by atoms with Gasteiger partial charge in [0.15, 0.2) is 0 Å². The number of hydrogen-bond donors (Lipinski definition) is 2. The van der Waals surface area contributed by atoms with Gasteiger partial charge in [-0.25, -0.2) is 4.79 Å². The van der Waals surface area contributed by atoms with Crippen LogP contribution in [0.4, 0.5) is 4.79 Å². The molecule has 0 saturated heterocycles. The quantitative estimate of drug-likeness (QED) is 0.603. The van der Waals surface area contributed by atoms with Crippen molar-refractivity contribution in [1.82, 2.24) is 9.80 Å². The van der Waals surface area contributed by atoms with Crippen LogP contribution in [0, 0.1) is 0 Å². The van der Waals surface area contributed by atoms with Gasteiger partial charge in [0, 0.05) is 33.4 Å². The number of amides is 2. The van der Waals surface area contributed by atoms with E-state index in [9.17, 15) is 9.59 Å². The largest absolute Gasteiger partial charge is 0.480 e. The summed E-state index contributed by atoms with van der Waals surface area (Å²) in [6, 6.07) is -0.342. The van der Waals surface area contributed by atoms with Crippen molar-refractivity contribution >= 4 is 12.0 Å². The minimum atomic E-state index is -1.06. The Kier molecular flexibility index (Phi) is 8.95. The van der Waals surface area contributed by atoms with E-state index in [0.717, 1.165) is 0 Å². The van der Waals surface area contributed by atoms with Crippen LogP contribution >= 0.6 is 0 Å². The lowest BCUT2D eigenvalue weighted by molar-refractivity contribution is -0.137. The molecule has 0 heterocycles. The molecule has 0 aromatic rings. The van der Waals surface area contributed by atoms with Crippen LogP contribution in [0.1, 0.15) is 13.3 Å². The van der Waals surface area contributed by atoms with Gasteiger partial charge in [-0.1, -0.05) is 0 Å². The fraction of sp³-hybridized carbons (Fsp3) is 0.818. The third-order valence-corrected chi connectivity index (χ3v) is 2.40. The van der Waals surface area contributed by atoms with E-state index in [1.165, 1.54) is 16.9 Å². The second-order valence-corrected chi connectivity index (χ2v) is 3.75. The van der Waals surface area contributed by atoms with Gasteiger partial charge < -0.3 is 24.7 Å². The third kappa shape index (κ3) is 6.41. The van der Waals surface area contributed by atoms with Gasteiger partial charge in [-0.15, -0.1) is 0 Å². The number of ether oxygens (including phenoxy) is 1. The number of rotatable bonds is 9. The van der Waals surface area contributed by atoms with E-state index in [-0.39, 0.29) is 32.3 Å². The highest BCUT2D eigenvalue weighted by molar-refractivity contribution is 5.80. The van der Waals surface area contributed by atoms with Crippen molar-refractivity contribution in [2.24, 2.45) is 0 Å². The molecule has 0 unspecified atom stereocenters. The molecule has 0 radical (unpaired) electrons. The predicted octanol–water partition coefficient (Wildman–Crippen LogP) is -0.156. The summed E-state index contributed by atoms with van der Waals surface area (Å²) in [5.41, 5.74) is 0. The lowest BCUT2D eigenvalue weighted by Gasteiger charge is -2.28. The molecular formula is C11H22N2O5. The Morgan fingerprint density at radius 2 is 1.89 bits per heavy atom. The SMILES string of the molecule is CCN(CCCO)C(=O)N(CCOC)CC(=O)O. The molecule has 0 rings (SSSR count). The minimum Gasteiger partial charge on any atom is -0.480 e. The summed E-state index contributed by atoms with van der Waals surface area (Å²) in [4.78, 5) is 25.5. The molecule has 0 spiro atoms. The number of aliphatic hydroxyl groups is 1. The van der Waals surface area contributed by atoms with E-state index in [2.05, 4.69) is 0 Å². The van der Waals surface area contributed by atoms with Crippen LogP contribution < -0.4 is 0 Å². The number of hydrogen-bond acceptors (Lipinski definition) is 4. The molecule has 106 valence electrons. The van der Waals surface area contributed by atoms with Crippen LogP contribution in [0.2, 0.25) is 0 Å². The number of urea groups is 1. The first-order valence-electron chi connectivity index (χ1n) is 5.92. The fourth-order valence-corrected chi connectivity index (χ4v) is 1.46. The smallest absolute Gasteiger partial charge is 0.323 e. The molecule has 2 N–H and O–H groups in total. The Bertz CT molecular complexity index is 260. The number of aliphatic hydroxyl groups excluding tert-OH is 1. The molecule has 0 saturated carbocycles. The average Bonchev–Trinajstić information content (AvgIpc) is 2.34.